The van der Waals surface area contributed by atoms with Gasteiger partial charge in [0, 0.05) is 11.1 Å². The standard InChI is InChI=1S/C17H27NO/c1-13-9-7-8-10-14(13)18-15(19)17(5,6)12-11-16(2,3)4/h7-10H,11-12H2,1-6H3,(H,18,19). The summed E-state index contributed by atoms with van der Waals surface area (Å²) in [5.74, 6) is 0.103. The van der Waals surface area contributed by atoms with Gasteiger partial charge in [0.25, 0.3) is 0 Å². The number of benzene rings is 1. The van der Waals surface area contributed by atoms with Crippen LogP contribution >= 0.6 is 0 Å². The van der Waals surface area contributed by atoms with Gasteiger partial charge in [0.1, 0.15) is 0 Å². The van der Waals surface area contributed by atoms with E-state index in [0.717, 1.165) is 24.1 Å². The summed E-state index contributed by atoms with van der Waals surface area (Å²) >= 11 is 0. The fourth-order valence-corrected chi connectivity index (χ4v) is 1.81. The van der Waals surface area contributed by atoms with E-state index in [-0.39, 0.29) is 16.7 Å². The molecule has 2 nitrogen and oxygen atoms in total. The average Bonchev–Trinajstić information content (AvgIpc) is 2.29. The molecule has 0 spiro atoms. The fourth-order valence-electron chi connectivity index (χ4n) is 1.81. The van der Waals surface area contributed by atoms with Crippen LogP contribution < -0.4 is 5.32 Å². The Hall–Kier alpha value is -1.31. The minimum atomic E-state index is -0.338. The first-order valence-electron chi connectivity index (χ1n) is 6.99. The number of rotatable bonds is 4. The third-order valence-electron chi connectivity index (χ3n) is 3.51. The first-order valence-corrected chi connectivity index (χ1v) is 6.99. The van der Waals surface area contributed by atoms with E-state index in [1.807, 2.05) is 45.0 Å². The molecule has 0 radical (unpaired) electrons. The highest BCUT2D eigenvalue weighted by Crippen LogP contribution is 2.31. The second-order valence-electron chi connectivity index (χ2n) is 7.21. The summed E-state index contributed by atoms with van der Waals surface area (Å²) in [6.45, 7) is 12.7. The predicted octanol–water partition coefficient (Wildman–Crippen LogP) is 4.79. The van der Waals surface area contributed by atoms with Crippen LogP contribution in [0, 0.1) is 17.8 Å². The lowest BCUT2D eigenvalue weighted by molar-refractivity contribution is -0.124. The van der Waals surface area contributed by atoms with Gasteiger partial charge in [-0.25, -0.2) is 0 Å². The molecule has 0 aliphatic heterocycles. The van der Waals surface area contributed by atoms with Crippen LogP contribution in [0.15, 0.2) is 24.3 Å². The normalized spacial score (nSPS) is 12.3. The van der Waals surface area contributed by atoms with Gasteiger partial charge >= 0.3 is 0 Å². The molecule has 0 aliphatic carbocycles. The molecule has 0 saturated heterocycles. The minimum absolute atomic E-state index is 0.103. The van der Waals surface area contributed by atoms with Crippen LogP contribution in [0.2, 0.25) is 0 Å². The van der Waals surface area contributed by atoms with Gasteiger partial charge in [-0.05, 0) is 36.8 Å². The maximum atomic E-state index is 12.4. The van der Waals surface area contributed by atoms with E-state index < -0.39 is 0 Å². The summed E-state index contributed by atoms with van der Waals surface area (Å²) in [5.41, 5.74) is 1.94. The van der Waals surface area contributed by atoms with Crippen molar-refractivity contribution in [2.24, 2.45) is 10.8 Å². The van der Waals surface area contributed by atoms with Crippen molar-refractivity contribution in [3.8, 4) is 0 Å². The number of carbonyl (C=O) groups excluding carboxylic acids is 1. The molecule has 0 aromatic heterocycles. The Balaban J connectivity index is 2.69. The molecule has 0 bridgehead atoms. The van der Waals surface area contributed by atoms with E-state index in [4.69, 9.17) is 0 Å². The van der Waals surface area contributed by atoms with Gasteiger partial charge in [0.15, 0.2) is 0 Å². The maximum absolute atomic E-state index is 12.4. The lowest BCUT2D eigenvalue weighted by Crippen LogP contribution is -2.32. The topological polar surface area (TPSA) is 29.1 Å². The Labute approximate surface area is 117 Å². The van der Waals surface area contributed by atoms with E-state index in [0.29, 0.717) is 0 Å². The van der Waals surface area contributed by atoms with Crippen LogP contribution in [0.3, 0.4) is 0 Å². The average molecular weight is 261 g/mol. The van der Waals surface area contributed by atoms with Crippen LogP contribution in [0.25, 0.3) is 0 Å². The molecular weight excluding hydrogens is 234 g/mol. The van der Waals surface area contributed by atoms with Crippen LogP contribution in [-0.2, 0) is 4.79 Å². The van der Waals surface area contributed by atoms with Crippen molar-refractivity contribution in [3.05, 3.63) is 29.8 Å². The molecule has 1 N–H and O–H groups in total. The van der Waals surface area contributed by atoms with Gasteiger partial charge in [-0.15, -0.1) is 0 Å². The molecule has 2 heteroatoms. The molecule has 106 valence electrons. The molecule has 1 amide bonds. The zero-order valence-electron chi connectivity index (χ0n) is 13.1. The third kappa shape index (κ3) is 5.06. The minimum Gasteiger partial charge on any atom is -0.325 e. The SMILES string of the molecule is Cc1ccccc1NC(=O)C(C)(C)CCC(C)(C)C. The van der Waals surface area contributed by atoms with Gasteiger partial charge < -0.3 is 5.32 Å². The van der Waals surface area contributed by atoms with E-state index in [9.17, 15) is 4.79 Å². The number of hydrogen-bond donors (Lipinski definition) is 1. The summed E-state index contributed by atoms with van der Waals surface area (Å²) < 4.78 is 0. The number of amides is 1. The largest absolute Gasteiger partial charge is 0.325 e. The highest BCUT2D eigenvalue weighted by atomic mass is 16.2. The smallest absolute Gasteiger partial charge is 0.230 e. The third-order valence-corrected chi connectivity index (χ3v) is 3.51. The van der Waals surface area contributed by atoms with Gasteiger partial charge in [0.05, 0.1) is 0 Å². The number of aryl methyl sites for hydroxylation is 1. The lowest BCUT2D eigenvalue weighted by Gasteiger charge is -2.28. The molecule has 0 atom stereocenters. The Morgan fingerprint density at radius 2 is 1.63 bits per heavy atom. The molecule has 1 aromatic carbocycles. The van der Waals surface area contributed by atoms with Gasteiger partial charge in [0.2, 0.25) is 5.91 Å². The summed E-state index contributed by atoms with van der Waals surface area (Å²) in [5, 5.41) is 3.05. The molecule has 19 heavy (non-hydrogen) atoms. The van der Waals surface area contributed by atoms with Crippen molar-refractivity contribution in [3.63, 3.8) is 0 Å². The summed E-state index contributed by atoms with van der Waals surface area (Å²) in [4.78, 5) is 12.4. The van der Waals surface area contributed by atoms with E-state index >= 15 is 0 Å². The summed E-state index contributed by atoms with van der Waals surface area (Å²) in [7, 11) is 0. The van der Waals surface area contributed by atoms with Crippen molar-refractivity contribution >= 4 is 11.6 Å². The van der Waals surface area contributed by atoms with Crippen molar-refractivity contribution in [2.45, 2.75) is 54.4 Å². The number of para-hydroxylation sites is 1. The van der Waals surface area contributed by atoms with Crippen LogP contribution in [0.4, 0.5) is 5.69 Å². The van der Waals surface area contributed by atoms with Crippen LogP contribution in [-0.4, -0.2) is 5.91 Å². The zero-order valence-corrected chi connectivity index (χ0v) is 13.1. The number of nitrogens with one attached hydrogen (secondary N) is 1. The Bertz CT molecular complexity index is 441. The van der Waals surface area contributed by atoms with Crippen molar-refractivity contribution in [2.75, 3.05) is 5.32 Å². The second kappa shape index (κ2) is 5.77. The molecule has 0 saturated carbocycles. The van der Waals surface area contributed by atoms with Gasteiger partial charge in [-0.1, -0.05) is 52.8 Å². The summed E-state index contributed by atoms with van der Waals surface area (Å²) in [6.07, 6.45) is 1.94. The molecule has 0 heterocycles. The maximum Gasteiger partial charge on any atom is 0.230 e. The van der Waals surface area contributed by atoms with Crippen LogP contribution in [0.1, 0.15) is 53.0 Å². The Kier molecular flexibility index (Phi) is 4.78. The van der Waals surface area contributed by atoms with Crippen LogP contribution in [0.5, 0.6) is 0 Å². The Morgan fingerprint density at radius 1 is 1.05 bits per heavy atom. The monoisotopic (exact) mass is 261 g/mol. The van der Waals surface area contributed by atoms with Gasteiger partial charge in [-0.2, -0.15) is 0 Å². The zero-order chi connectivity index (χ0) is 14.7. The molecular formula is C17H27NO. The molecule has 1 rings (SSSR count). The van der Waals surface area contributed by atoms with Crippen molar-refractivity contribution < 1.29 is 4.79 Å². The molecule has 0 fully saturated rings. The first kappa shape index (κ1) is 15.7. The molecule has 0 aliphatic rings. The molecule has 1 aromatic rings. The van der Waals surface area contributed by atoms with Crippen molar-refractivity contribution in [1.82, 2.24) is 0 Å². The number of anilines is 1. The fraction of sp³-hybridized carbons (Fsp3) is 0.588. The first-order chi connectivity index (χ1) is 8.62. The molecule has 0 unspecified atom stereocenters. The van der Waals surface area contributed by atoms with Gasteiger partial charge in [-0.3, -0.25) is 4.79 Å². The van der Waals surface area contributed by atoms with E-state index in [1.54, 1.807) is 0 Å². The number of carbonyl (C=O) groups is 1. The second-order valence-corrected chi connectivity index (χ2v) is 7.21. The van der Waals surface area contributed by atoms with E-state index in [2.05, 4.69) is 26.1 Å². The number of hydrogen-bond acceptors (Lipinski definition) is 1. The van der Waals surface area contributed by atoms with Crippen molar-refractivity contribution in [1.29, 1.82) is 0 Å². The van der Waals surface area contributed by atoms with E-state index in [1.165, 1.54) is 0 Å². The summed E-state index contributed by atoms with van der Waals surface area (Å²) in [6, 6.07) is 7.89. The highest BCUT2D eigenvalue weighted by molar-refractivity contribution is 5.95. The predicted molar refractivity (Wildman–Crippen MR) is 82.3 cm³/mol. The lowest BCUT2D eigenvalue weighted by atomic mass is 9.79. The Morgan fingerprint density at radius 3 is 2.16 bits per heavy atom. The quantitative estimate of drug-likeness (QED) is 0.829. The highest BCUT2D eigenvalue weighted by Gasteiger charge is 2.29.